The zero-order valence-corrected chi connectivity index (χ0v) is 8.32. The van der Waals surface area contributed by atoms with Gasteiger partial charge >= 0.3 is 0 Å². The number of ether oxygens (including phenoxy) is 2. The van der Waals surface area contributed by atoms with Crippen molar-refractivity contribution in [2.45, 2.75) is 18.8 Å². The minimum Gasteiger partial charge on any atom is -0.454 e. The minimum absolute atomic E-state index is 0.388. The number of nitrogens with two attached hydrogens (primary N) is 1. The van der Waals surface area contributed by atoms with Gasteiger partial charge in [-0.3, -0.25) is 0 Å². The van der Waals surface area contributed by atoms with E-state index in [4.69, 9.17) is 9.47 Å². The first-order chi connectivity index (χ1) is 6.95. The van der Waals surface area contributed by atoms with Crippen LogP contribution in [0.3, 0.4) is 0 Å². The molecule has 0 amide bonds. The van der Waals surface area contributed by atoms with Crippen molar-refractivity contribution in [3.63, 3.8) is 0 Å². The monoisotopic (exact) mass is 193 g/mol. The second kappa shape index (κ2) is 3.88. The lowest BCUT2D eigenvalue weighted by Crippen LogP contribution is -1.94. The first kappa shape index (κ1) is 9.34. The Hall–Kier alpha value is -1.22. The summed E-state index contributed by atoms with van der Waals surface area (Å²) in [5.74, 6) is 2.64. The Morgan fingerprint density at radius 3 is 2.71 bits per heavy atom. The maximum Gasteiger partial charge on any atom is 0.231 e. The van der Waals surface area contributed by atoms with Crippen LogP contribution >= 0.6 is 0 Å². The summed E-state index contributed by atoms with van der Waals surface area (Å²) in [5, 5.41) is 0. The maximum absolute atomic E-state index is 5.41. The zero-order chi connectivity index (χ0) is 9.97. The Kier molecular flexibility index (Phi) is 2.59. The van der Waals surface area contributed by atoms with Crippen LogP contribution in [0.5, 0.6) is 11.5 Å². The number of para-hydroxylation sites is 1. The molecule has 1 heterocycles. The molecule has 0 bridgehead atoms. The van der Waals surface area contributed by atoms with E-state index in [0.29, 0.717) is 6.79 Å². The molecule has 2 N–H and O–H groups in total. The molecule has 3 heteroatoms. The van der Waals surface area contributed by atoms with Crippen LogP contribution in [-0.4, -0.2) is 13.8 Å². The lowest BCUT2D eigenvalue weighted by atomic mass is 10.1. The van der Waals surface area contributed by atoms with E-state index in [9.17, 15) is 0 Å². The highest BCUT2D eigenvalue weighted by atomic mass is 16.7. The minimum atomic E-state index is 0.388. The van der Waals surface area contributed by atoms with Crippen LogP contribution in [0.1, 0.15) is 24.3 Å². The van der Waals surface area contributed by atoms with E-state index in [1.165, 1.54) is 25.5 Å². The molecule has 0 radical (unpaired) electrons. The SMILES string of the molecule is CN.c1cc2c(c(C3CC3)c1)OCO2. The first-order valence-electron chi connectivity index (χ1n) is 4.91. The van der Waals surface area contributed by atoms with E-state index < -0.39 is 0 Å². The average molecular weight is 193 g/mol. The molecule has 0 atom stereocenters. The van der Waals surface area contributed by atoms with E-state index >= 15 is 0 Å². The fourth-order valence-electron chi connectivity index (χ4n) is 1.67. The van der Waals surface area contributed by atoms with Crippen molar-refractivity contribution >= 4 is 0 Å². The van der Waals surface area contributed by atoms with E-state index in [2.05, 4.69) is 11.8 Å². The third-order valence-corrected chi connectivity index (χ3v) is 2.44. The molecule has 3 nitrogen and oxygen atoms in total. The van der Waals surface area contributed by atoms with Crippen molar-refractivity contribution in [2.75, 3.05) is 13.8 Å². The molecular weight excluding hydrogens is 178 g/mol. The van der Waals surface area contributed by atoms with Gasteiger partial charge in [-0.25, -0.2) is 0 Å². The number of hydrogen-bond donors (Lipinski definition) is 1. The summed E-state index contributed by atoms with van der Waals surface area (Å²) >= 11 is 0. The van der Waals surface area contributed by atoms with Gasteiger partial charge in [-0.05, 0) is 31.9 Å². The molecule has 1 fully saturated rings. The van der Waals surface area contributed by atoms with Crippen LogP contribution in [0.25, 0.3) is 0 Å². The lowest BCUT2D eigenvalue weighted by molar-refractivity contribution is 0.173. The predicted molar refractivity (Wildman–Crippen MR) is 54.7 cm³/mol. The Balaban J connectivity index is 0.000000354. The standard InChI is InChI=1S/C10H10O2.CH5N/c1-2-8(7-4-5-7)10-9(3-1)11-6-12-10;1-2/h1-3,7H,4-6H2;2H2,1H3. The molecular formula is C11H15NO2. The third-order valence-electron chi connectivity index (χ3n) is 2.44. The Morgan fingerprint density at radius 2 is 2.00 bits per heavy atom. The molecule has 76 valence electrons. The second-order valence-electron chi connectivity index (χ2n) is 3.36. The molecule has 0 saturated heterocycles. The smallest absolute Gasteiger partial charge is 0.231 e. The summed E-state index contributed by atoms with van der Waals surface area (Å²) < 4.78 is 10.7. The first-order valence-corrected chi connectivity index (χ1v) is 4.91. The summed E-state index contributed by atoms with van der Waals surface area (Å²) in [5.41, 5.74) is 5.84. The van der Waals surface area contributed by atoms with Crippen LogP contribution in [0, 0.1) is 0 Å². The number of benzene rings is 1. The summed E-state index contributed by atoms with van der Waals surface area (Å²) in [6, 6.07) is 6.15. The van der Waals surface area contributed by atoms with Crippen LogP contribution in [0.4, 0.5) is 0 Å². The quantitative estimate of drug-likeness (QED) is 0.740. The van der Waals surface area contributed by atoms with Gasteiger partial charge in [0.05, 0.1) is 0 Å². The number of hydrogen-bond acceptors (Lipinski definition) is 3. The van der Waals surface area contributed by atoms with Crippen LogP contribution in [0.2, 0.25) is 0 Å². The summed E-state index contributed by atoms with van der Waals surface area (Å²) in [4.78, 5) is 0. The zero-order valence-electron chi connectivity index (χ0n) is 8.32. The van der Waals surface area contributed by atoms with Crippen molar-refractivity contribution in [1.29, 1.82) is 0 Å². The molecule has 0 spiro atoms. The molecule has 14 heavy (non-hydrogen) atoms. The van der Waals surface area contributed by atoms with Crippen molar-refractivity contribution in [2.24, 2.45) is 5.73 Å². The maximum atomic E-state index is 5.41. The number of rotatable bonds is 1. The van der Waals surface area contributed by atoms with Gasteiger partial charge in [0.2, 0.25) is 6.79 Å². The lowest BCUT2D eigenvalue weighted by Gasteiger charge is -2.02. The van der Waals surface area contributed by atoms with Gasteiger partial charge in [0.15, 0.2) is 11.5 Å². The fraction of sp³-hybridized carbons (Fsp3) is 0.455. The van der Waals surface area contributed by atoms with Crippen LogP contribution < -0.4 is 15.2 Å². The van der Waals surface area contributed by atoms with E-state index in [-0.39, 0.29) is 0 Å². The van der Waals surface area contributed by atoms with Gasteiger partial charge < -0.3 is 15.2 Å². The van der Waals surface area contributed by atoms with E-state index in [1.54, 1.807) is 0 Å². The normalized spacial score (nSPS) is 17.3. The summed E-state index contributed by atoms with van der Waals surface area (Å²) in [7, 11) is 1.50. The summed E-state index contributed by atoms with van der Waals surface area (Å²) in [6.07, 6.45) is 2.61. The Bertz CT molecular complexity index is 321. The van der Waals surface area contributed by atoms with Crippen molar-refractivity contribution in [3.05, 3.63) is 23.8 Å². The molecule has 2 aliphatic rings. The average Bonchev–Trinajstić information content (AvgIpc) is 2.98. The summed E-state index contributed by atoms with van der Waals surface area (Å²) in [6.45, 7) is 0.388. The van der Waals surface area contributed by atoms with E-state index in [0.717, 1.165) is 17.4 Å². The fourth-order valence-corrected chi connectivity index (χ4v) is 1.67. The van der Waals surface area contributed by atoms with Crippen molar-refractivity contribution in [3.8, 4) is 11.5 Å². The van der Waals surface area contributed by atoms with E-state index in [1.807, 2.05) is 12.1 Å². The highest BCUT2D eigenvalue weighted by molar-refractivity contribution is 5.50. The third kappa shape index (κ3) is 1.55. The highest BCUT2D eigenvalue weighted by Crippen LogP contribution is 2.48. The van der Waals surface area contributed by atoms with Crippen molar-refractivity contribution in [1.82, 2.24) is 0 Å². The molecule has 3 rings (SSSR count). The largest absolute Gasteiger partial charge is 0.454 e. The molecule has 0 aromatic heterocycles. The molecule has 1 aromatic carbocycles. The Morgan fingerprint density at radius 1 is 1.21 bits per heavy atom. The molecule has 1 aliphatic carbocycles. The van der Waals surface area contributed by atoms with Gasteiger partial charge in [0, 0.05) is 5.56 Å². The topological polar surface area (TPSA) is 44.5 Å². The van der Waals surface area contributed by atoms with Gasteiger partial charge in [0.1, 0.15) is 0 Å². The van der Waals surface area contributed by atoms with Crippen molar-refractivity contribution < 1.29 is 9.47 Å². The highest BCUT2D eigenvalue weighted by Gasteiger charge is 2.29. The molecule has 1 aromatic rings. The second-order valence-corrected chi connectivity index (χ2v) is 3.36. The van der Waals surface area contributed by atoms with Crippen LogP contribution in [0.15, 0.2) is 18.2 Å². The number of fused-ring (bicyclic) bond motifs is 1. The Labute approximate surface area is 83.8 Å². The molecule has 0 unspecified atom stereocenters. The van der Waals surface area contributed by atoms with Gasteiger partial charge in [0.25, 0.3) is 0 Å². The van der Waals surface area contributed by atoms with Gasteiger partial charge in [-0.2, -0.15) is 0 Å². The van der Waals surface area contributed by atoms with Gasteiger partial charge in [-0.15, -0.1) is 0 Å². The molecule has 1 saturated carbocycles. The predicted octanol–water partition coefficient (Wildman–Crippen LogP) is 1.87. The molecule has 1 aliphatic heterocycles. The van der Waals surface area contributed by atoms with Gasteiger partial charge in [-0.1, -0.05) is 12.1 Å². The van der Waals surface area contributed by atoms with Crippen LogP contribution in [-0.2, 0) is 0 Å².